The fourth-order valence-electron chi connectivity index (χ4n) is 3.08. The highest BCUT2D eigenvalue weighted by molar-refractivity contribution is 9.10. The van der Waals surface area contributed by atoms with E-state index in [1.165, 1.54) is 0 Å². The van der Waals surface area contributed by atoms with Crippen molar-refractivity contribution in [1.82, 2.24) is 20.4 Å². The van der Waals surface area contributed by atoms with E-state index in [0.29, 0.717) is 6.54 Å². The number of rotatable bonds is 5. The molecule has 1 saturated heterocycles. The van der Waals surface area contributed by atoms with E-state index < -0.39 is 5.54 Å². The molecule has 1 fully saturated rings. The Morgan fingerprint density at radius 2 is 2.25 bits per heavy atom. The highest BCUT2D eigenvalue weighted by Crippen LogP contribution is 2.28. The van der Waals surface area contributed by atoms with Gasteiger partial charge in [0.25, 0.3) is 0 Å². The first-order valence-electron chi connectivity index (χ1n) is 7.97. The maximum Gasteiger partial charge on any atom is 0.248 e. The third-order valence-corrected chi connectivity index (χ3v) is 5.26. The number of carbonyl (C=O) groups is 1. The monoisotopic (exact) mass is 392 g/mol. The van der Waals surface area contributed by atoms with Crippen LogP contribution in [0.4, 0.5) is 0 Å². The summed E-state index contributed by atoms with van der Waals surface area (Å²) in [5.74, 6) is 0.772. The van der Waals surface area contributed by atoms with Crippen molar-refractivity contribution in [1.29, 1.82) is 0 Å². The van der Waals surface area contributed by atoms with Gasteiger partial charge in [0.05, 0.1) is 7.11 Å². The lowest BCUT2D eigenvalue weighted by Crippen LogP contribution is -2.54. The van der Waals surface area contributed by atoms with Crippen molar-refractivity contribution in [2.45, 2.75) is 24.9 Å². The summed E-state index contributed by atoms with van der Waals surface area (Å²) in [7, 11) is 1.63. The van der Waals surface area contributed by atoms with Crippen molar-refractivity contribution in [3.63, 3.8) is 0 Å². The summed E-state index contributed by atoms with van der Waals surface area (Å²) < 4.78 is 8.00. The van der Waals surface area contributed by atoms with Gasteiger partial charge in [-0.3, -0.25) is 9.48 Å². The van der Waals surface area contributed by atoms with Gasteiger partial charge in [-0.2, -0.15) is 5.10 Å². The molecular weight excluding hydrogens is 372 g/mol. The molecule has 0 unspecified atom stereocenters. The number of carbonyl (C=O) groups excluding carboxylic acids is 1. The van der Waals surface area contributed by atoms with Crippen LogP contribution < -0.4 is 15.4 Å². The fraction of sp³-hybridized carbons (Fsp3) is 0.412. The van der Waals surface area contributed by atoms with Crippen molar-refractivity contribution in [3.8, 4) is 5.75 Å². The third-order valence-electron chi connectivity index (χ3n) is 4.49. The van der Waals surface area contributed by atoms with Gasteiger partial charge in [0, 0.05) is 23.4 Å². The van der Waals surface area contributed by atoms with Crippen LogP contribution in [-0.2, 0) is 16.9 Å². The molecule has 7 heteroatoms. The number of hydrogen-bond acceptors (Lipinski definition) is 4. The molecule has 0 atom stereocenters. The predicted octanol–water partition coefficient (Wildman–Crippen LogP) is 2.05. The van der Waals surface area contributed by atoms with Gasteiger partial charge in [0.1, 0.15) is 11.3 Å². The van der Waals surface area contributed by atoms with Crippen molar-refractivity contribution in [2.24, 2.45) is 0 Å². The molecule has 1 amide bonds. The first kappa shape index (κ1) is 17.0. The van der Waals surface area contributed by atoms with Gasteiger partial charge < -0.3 is 15.4 Å². The van der Waals surface area contributed by atoms with Gasteiger partial charge in [-0.25, -0.2) is 0 Å². The number of hydrogen-bond donors (Lipinski definition) is 2. The van der Waals surface area contributed by atoms with Gasteiger partial charge in [0.15, 0.2) is 0 Å². The number of piperidine rings is 1. The largest absolute Gasteiger partial charge is 0.497 e. The second-order valence-electron chi connectivity index (χ2n) is 5.87. The lowest BCUT2D eigenvalue weighted by molar-refractivity contribution is -0.132. The highest BCUT2D eigenvalue weighted by Gasteiger charge is 2.41. The van der Waals surface area contributed by atoms with E-state index in [1.807, 2.05) is 30.5 Å². The van der Waals surface area contributed by atoms with Gasteiger partial charge in [-0.15, -0.1) is 0 Å². The van der Waals surface area contributed by atoms with Crippen LogP contribution in [0.15, 0.2) is 41.1 Å². The molecule has 1 aliphatic rings. The minimum Gasteiger partial charge on any atom is -0.497 e. The van der Waals surface area contributed by atoms with E-state index in [4.69, 9.17) is 4.74 Å². The minimum absolute atomic E-state index is 0.00224. The Morgan fingerprint density at radius 1 is 1.46 bits per heavy atom. The Kier molecular flexibility index (Phi) is 5.20. The average Bonchev–Trinajstić information content (AvgIpc) is 3.16. The first-order valence-corrected chi connectivity index (χ1v) is 8.76. The Hall–Kier alpha value is -1.86. The lowest BCUT2D eigenvalue weighted by Gasteiger charge is -2.36. The molecule has 24 heavy (non-hydrogen) atoms. The normalized spacial score (nSPS) is 16.6. The SMILES string of the molecule is COc1ccc(Br)c(CNC(=O)C2(n3cccn3)CCNCC2)c1. The first-order chi connectivity index (χ1) is 11.7. The summed E-state index contributed by atoms with van der Waals surface area (Å²) >= 11 is 3.52. The summed E-state index contributed by atoms with van der Waals surface area (Å²) in [5.41, 5.74) is 0.354. The smallest absolute Gasteiger partial charge is 0.248 e. The van der Waals surface area contributed by atoms with Crippen molar-refractivity contribution in [3.05, 3.63) is 46.7 Å². The zero-order valence-electron chi connectivity index (χ0n) is 13.6. The van der Waals surface area contributed by atoms with E-state index in [-0.39, 0.29) is 5.91 Å². The van der Waals surface area contributed by atoms with Crippen LogP contribution >= 0.6 is 15.9 Å². The maximum absolute atomic E-state index is 13.0. The zero-order valence-corrected chi connectivity index (χ0v) is 15.2. The second kappa shape index (κ2) is 7.36. The van der Waals surface area contributed by atoms with Gasteiger partial charge in [-0.05, 0) is 55.8 Å². The molecular formula is C17H21BrN4O2. The summed E-state index contributed by atoms with van der Waals surface area (Å²) in [4.78, 5) is 13.0. The van der Waals surface area contributed by atoms with Crippen molar-refractivity contribution < 1.29 is 9.53 Å². The Balaban J connectivity index is 1.77. The second-order valence-corrected chi connectivity index (χ2v) is 6.73. The standard InChI is InChI=1S/C17H21BrN4O2/c1-24-14-3-4-15(18)13(11-14)12-20-16(23)17(5-8-19-9-6-17)22-10-2-7-21-22/h2-4,7,10-11,19H,5-6,8-9,12H2,1H3,(H,20,23). The summed E-state index contributed by atoms with van der Waals surface area (Å²) in [6.07, 6.45) is 5.03. The van der Waals surface area contributed by atoms with E-state index in [1.54, 1.807) is 18.0 Å². The summed E-state index contributed by atoms with van der Waals surface area (Å²) in [6.45, 7) is 2.04. The van der Waals surface area contributed by atoms with E-state index in [9.17, 15) is 4.79 Å². The van der Waals surface area contributed by atoms with Crippen molar-refractivity contribution >= 4 is 21.8 Å². The number of nitrogens with zero attached hydrogens (tertiary/aromatic N) is 2. The molecule has 3 rings (SSSR count). The Labute approximate surface area is 149 Å². The molecule has 1 aliphatic heterocycles. The fourth-order valence-corrected chi connectivity index (χ4v) is 3.46. The number of amides is 1. The highest BCUT2D eigenvalue weighted by atomic mass is 79.9. The number of halogens is 1. The number of aromatic nitrogens is 2. The summed E-state index contributed by atoms with van der Waals surface area (Å²) in [6, 6.07) is 7.59. The number of nitrogens with one attached hydrogen (secondary N) is 2. The van der Waals surface area contributed by atoms with Crippen LogP contribution in [0.1, 0.15) is 18.4 Å². The third kappa shape index (κ3) is 3.32. The van der Waals surface area contributed by atoms with E-state index >= 15 is 0 Å². The Morgan fingerprint density at radius 3 is 2.92 bits per heavy atom. The maximum atomic E-state index is 13.0. The molecule has 1 aromatic heterocycles. The molecule has 2 aromatic rings. The molecule has 6 nitrogen and oxygen atoms in total. The minimum atomic E-state index is -0.625. The molecule has 2 heterocycles. The van der Waals surface area contributed by atoms with Crippen LogP contribution in [0.5, 0.6) is 5.75 Å². The van der Waals surface area contributed by atoms with E-state index in [2.05, 4.69) is 31.7 Å². The molecule has 0 aliphatic carbocycles. The lowest BCUT2D eigenvalue weighted by atomic mass is 9.87. The topological polar surface area (TPSA) is 68.2 Å². The molecule has 2 N–H and O–H groups in total. The van der Waals surface area contributed by atoms with Crippen LogP contribution in [0, 0.1) is 0 Å². The quantitative estimate of drug-likeness (QED) is 0.816. The molecule has 0 spiro atoms. The number of benzene rings is 1. The van der Waals surface area contributed by atoms with Gasteiger partial charge >= 0.3 is 0 Å². The molecule has 0 bridgehead atoms. The molecule has 0 saturated carbocycles. The molecule has 0 radical (unpaired) electrons. The zero-order chi connectivity index (χ0) is 17.0. The number of methoxy groups -OCH3 is 1. The molecule has 1 aromatic carbocycles. The van der Waals surface area contributed by atoms with Gasteiger partial charge in [-0.1, -0.05) is 15.9 Å². The molecule has 128 valence electrons. The Bertz CT molecular complexity index is 697. The van der Waals surface area contributed by atoms with Crippen LogP contribution in [0.3, 0.4) is 0 Å². The summed E-state index contributed by atoms with van der Waals surface area (Å²) in [5, 5.41) is 10.7. The average molecular weight is 393 g/mol. The predicted molar refractivity (Wildman–Crippen MR) is 94.8 cm³/mol. The van der Waals surface area contributed by atoms with Crippen LogP contribution in [0.2, 0.25) is 0 Å². The van der Waals surface area contributed by atoms with Crippen LogP contribution in [0.25, 0.3) is 0 Å². The van der Waals surface area contributed by atoms with E-state index in [0.717, 1.165) is 41.7 Å². The van der Waals surface area contributed by atoms with Crippen molar-refractivity contribution in [2.75, 3.05) is 20.2 Å². The van der Waals surface area contributed by atoms with Crippen LogP contribution in [-0.4, -0.2) is 35.9 Å². The number of ether oxygens (including phenoxy) is 1. The van der Waals surface area contributed by atoms with Gasteiger partial charge in [0.2, 0.25) is 5.91 Å².